The van der Waals surface area contributed by atoms with E-state index in [2.05, 4.69) is 4.18 Å². The Kier molecular flexibility index (Phi) is 2.79. The summed E-state index contributed by atoms with van der Waals surface area (Å²) in [6.45, 7) is 1.94. The average molecular weight is 168 g/mol. The van der Waals surface area contributed by atoms with E-state index >= 15 is 0 Å². The highest BCUT2D eigenvalue weighted by molar-refractivity contribution is 7.87. The molecule has 0 saturated carbocycles. The molecule has 0 aliphatic carbocycles. The van der Waals surface area contributed by atoms with Gasteiger partial charge in [0.1, 0.15) is 0 Å². The first-order valence-electron chi connectivity index (χ1n) is 2.48. The minimum atomic E-state index is -4.09. The van der Waals surface area contributed by atoms with E-state index in [4.69, 9.17) is 5.11 Å². The van der Waals surface area contributed by atoms with Gasteiger partial charge in [0.05, 0.1) is 0 Å². The van der Waals surface area contributed by atoms with Crippen LogP contribution in [-0.4, -0.2) is 24.9 Å². The fraction of sp³-hybridized carbons (Fsp3) is 0.750. The van der Waals surface area contributed by atoms with Crippen molar-refractivity contribution >= 4 is 16.1 Å². The molecule has 0 bridgehead atoms. The van der Waals surface area contributed by atoms with Crippen LogP contribution in [0.1, 0.15) is 13.8 Å². The van der Waals surface area contributed by atoms with Gasteiger partial charge in [-0.1, -0.05) is 0 Å². The summed E-state index contributed by atoms with van der Waals surface area (Å²) in [5.74, 6) is -0.957. The molecule has 0 heterocycles. The molecule has 0 aliphatic heterocycles. The van der Waals surface area contributed by atoms with Crippen LogP contribution in [0.4, 0.5) is 0 Å². The van der Waals surface area contributed by atoms with E-state index in [1.165, 1.54) is 0 Å². The standard InChI is InChI=1S/C4H8O5S/c1-3(5)9-10(7,8)4(2)6/h4,6H,1-2H3. The van der Waals surface area contributed by atoms with Gasteiger partial charge in [0, 0.05) is 6.92 Å². The molecule has 0 aromatic rings. The zero-order valence-electron chi connectivity index (χ0n) is 5.57. The molecule has 60 valence electrons. The molecule has 5 nitrogen and oxygen atoms in total. The van der Waals surface area contributed by atoms with Crippen molar-refractivity contribution in [2.45, 2.75) is 19.3 Å². The number of hydrogen-bond donors (Lipinski definition) is 1. The highest BCUT2D eigenvalue weighted by Crippen LogP contribution is 1.99. The summed E-state index contributed by atoms with van der Waals surface area (Å²) in [4.78, 5) is 10.1. The molecule has 0 aromatic heterocycles. The van der Waals surface area contributed by atoms with Crippen LogP contribution < -0.4 is 0 Å². The predicted molar refractivity (Wildman–Crippen MR) is 32.4 cm³/mol. The molecular formula is C4H8O5S. The molecular weight excluding hydrogens is 160 g/mol. The highest BCUT2D eigenvalue weighted by Gasteiger charge is 2.20. The van der Waals surface area contributed by atoms with Crippen molar-refractivity contribution < 1.29 is 22.5 Å². The van der Waals surface area contributed by atoms with Crippen LogP contribution in [0.2, 0.25) is 0 Å². The Morgan fingerprint density at radius 3 is 2.10 bits per heavy atom. The van der Waals surface area contributed by atoms with Crippen molar-refractivity contribution in [3.05, 3.63) is 0 Å². The summed E-state index contributed by atoms with van der Waals surface area (Å²) in [5.41, 5.74) is -1.67. The van der Waals surface area contributed by atoms with E-state index in [9.17, 15) is 13.2 Å². The number of rotatable bonds is 2. The van der Waals surface area contributed by atoms with Gasteiger partial charge in [0.15, 0.2) is 5.44 Å². The first-order chi connectivity index (χ1) is 4.36. The molecule has 0 spiro atoms. The molecule has 0 rings (SSSR count). The first-order valence-corrected chi connectivity index (χ1v) is 3.95. The van der Waals surface area contributed by atoms with Crippen LogP contribution in [-0.2, 0) is 19.1 Å². The Bertz CT molecular complexity index is 214. The maximum atomic E-state index is 10.4. The van der Waals surface area contributed by atoms with Gasteiger partial charge < -0.3 is 9.29 Å². The van der Waals surface area contributed by atoms with E-state index in [0.29, 0.717) is 0 Å². The lowest BCUT2D eigenvalue weighted by atomic mass is 10.9. The van der Waals surface area contributed by atoms with Crippen molar-refractivity contribution in [3.63, 3.8) is 0 Å². The van der Waals surface area contributed by atoms with Gasteiger partial charge >= 0.3 is 16.1 Å². The highest BCUT2D eigenvalue weighted by atomic mass is 32.2. The maximum Gasteiger partial charge on any atom is 0.338 e. The van der Waals surface area contributed by atoms with E-state index in [1.807, 2.05) is 0 Å². The zero-order chi connectivity index (χ0) is 8.36. The third kappa shape index (κ3) is 2.79. The molecule has 0 aromatic carbocycles. The van der Waals surface area contributed by atoms with Gasteiger partial charge in [-0.3, -0.25) is 4.79 Å². The quantitative estimate of drug-likeness (QED) is 0.547. The third-order valence-electron chi connectivity index (χ3n) is 0.651. The smallest absolute Gasteiger partial charge is 0.338 e. The van der Waals surface area contributed by atoms with Crippen LogP contribution in [0.25, 0.3) is 0 Å². The molecule has 10 heavy (non-hydrogen) atoms. The molecule has 6 heteroatoms. The van der Waals surface area contributed by atoms with Gasteiger partial charge in [-0.2, -0.15) is 8.42 Å². The zero-order valence-corrected chi connectivity index (χ0v) is 6.38. The van der Waals surface area contributed by atoms with Gasteiger partial charge in [-0.15, -0.1) is 0 Å². The summed E-state index contributed by atoms with van der Waals surface area (Å²) in [6.07, 6.45) is 0. The second kappa shape index (κ2) is 2.98. The molecule has 0 saturated heterocycles. The molecule has 0 radical (unpaired) electrons. The van der Waals surface area contributed by atoms with Crippen molar-refractivity contribution in [1.82, 2.24) is 0 Å². The second-order valence-electron chi connectivity index (χ2n) is 1.67. The van der Waals surface area contributed by atoms with E-state index in [0.717, 1.165) is 13.8 Å². The average Bonchev–Trinajstić information content (AvgIpc) is 1.60. The van der Waals surface area contributed by atoms with Crippen LogP contribution in [0.3, 0.4) is 0 Å². The van der Waals surface area contributed by atoms with Crippen molar-refractivity contribution in [3.8, 4) is 0 Å². The first kappa shape index (κ1) is 9.38. The van der Waals surface area contributed by atoms with Crippen molar-refractivity contribution in [2.24, 2.45) is 0 Å². The topological polar surface area (TPSA) is 80.7 Å². The third-order valence-corrected chi connectivity index (χ3v) is 1.95. The summed E-state index contributed by atoms with van der Waals surface area (Å²) >= 11 is 0. The summed E-state index contributed by atoms with van der Waals surface area (Å²) in [7, 11) is -4.09. The second-order valence-corrected chi connectivity index (χ2v) is 3.50. The van der Waals surface area contributed by atoms with Gasteiger partial charge in [-0.25, -0.2) is 0 Å². The summed E-state index contributed by atoms with van der Waals surface area (Å²) in [5, 5.41) is 8.46. The minimum absolute atomic E-state index is 0.944. The van der Waals surface area contributed by atoms with Gasteiger partial charge in [0.25, 0.3) is 0 Å². The van der Waals surface area contributed by atoms with Gasteiger partial charge in [-0.05, 0) is 6.92 Å². The molecule has 1 N–H and O–H groups in total. The van der Waals surface area contributed by atoms with Crippen LogP contribution in [0, 0.1) is 0 Å². The maximum absolute atomic E-state index is 10.4. The lowest BCUT2D eigenvalue weighted by Crippen LogP contribution is -2.21. The molecule has 0 aliphatic rings. The monoisotopic (exact) mass is 168 g/mol. The molecule has 1 unspecified atom stereocenters. The largest absolute Gasteiger partial charge is 0.374 e. The number of hydrogen-bond acceptors (Lipinski definition) is 5. The minimum Gasteiger partial charge on any atom is -0.374 e. The van der Waals surface area contributed by atoms with Crippen molar-refractivity contribution in [1.29, 1.82) is 0 Å². The predicted octanol–water partition coefficient (Wildman–Crippen LogP) is -0.782. The Morgan fingerprint density at radius 1 is 1.60 bits per heavy atom. The molecule has 0 amide bonds. The van der Waals surface area contributed by atoms with Crippen LogP contribution in [0.5, 0.6) is 0 Å². The van der Waals surface area contributed by atoms with Crippen LogP contribution in [0.15, 0.2) is 0 Å². The lowest BCUT2D eigenvalue weighted by Gasteiger charge is -2.03. The Hall–Kier alpha value is -0.620. The molecule has 1 atom stereocenters. The fourth-order valence-corrected chi connectivity index (χ4v) is 0.700. The Labute approximate surface area is 58.7 Å². The van der Waals surface area contributed by atoms with Gasteiger partial charge in [0.2, 0.25) is 0 Å². The number of aliphatic hydroxyl groups is 1. The lowest BCUT2D eigenvalue weighted by molar-refractivity contribution is -0.131. The Morgan fingerprint density at radius 2 is 2.00 bits per heavy atom. The van der Waals surface area contributed by atoms with E-state index in [-0.39, 0.29) is 0 Å². The molecule has 0 fully saturated rings. The number of aliphatic hydroxyl groups excluding tert-OH is 1. The normalized spacial score (nSPS) is 14.3. The van der Waals surface area contributed by atoms with E-state index < -0.39 is 21.5 Å². The number of carbonyl (C=O) groups excluding carboxylic acids is 1. The van der Waals surface area contributed by atoms with Crippen LogP contribution >= 0.6 is 0 Å². The fourth-order valence-electron chi connectivity index (χ4n) is 0.233. The van der Waals surface area contributed by atoms with Crippen molar-refractivity contribution in [2.75, 3.05) is 0 Å². The van der Waals surface area contributed by atoms with E-state index in [1.54, 1.807) is 0 Å². The number of carbonyl (C=O) groups is 1. The summed E-state index contributed by atoms with van der Waals surface area (Å²) < 4.78 is 24.7. The Balaban J connectivity index is 4.31. The SMILES string of the molecule is CC(=O)OS(=O)(=O)C(C)O. The summed E-state index contributed by atoms with van der Waals surface area (Å²) in [6, 6.07) is 0.